The van der Waals surface area contributed by atoms with Gasteiger partial charge in [-0.25, -0.2) is 4.79 Å². The van der Waals surface area contributed by atoms with Gasteiger partial charge in [-0.05, 0) is 48.6 Å². The summed E-state index contributed by atoms with van der Waals surface area (Å²) in [6, 6.07) is 0. The number of thiophene rings is 1. The van der Waals surface area contributed by atoms with Gasteiger partial charge in [-0.1, -0.05) is 0 Å². The molecule has 1 aliphatic heterocycles. The summed E-state index contributed by atoms with van der Waals surface area (Å²) in [6.45, 7) is 2.99. The molecule has 2 heterocycles. The lowest BCUT2D eigenvalue weighted by atomic mass is 9.96. The Bertz CT molecular complexity index is 545. The van der Waals surface area contributed by atoms with Crippen molar-refractivity contribution in [1.82, 2.24) is 4.90 Å². The fourth-order valence-corrected chi connectivity index (χ4v) is 4.03. The van der Waals surface area contributed by atoms with E-state index in [4.69, 9.17) is 9.90 Å². The molecule has 3 rings (SSSR count). The minimum Gasteiger partial charge on any atom is -0.475 e. The Morgan fingerprint density at radius 2 is 2.00 bits per heavy atom. The SMILES string of the molecule is O=C(O)C(F)(F)F.OC1CCN(Cc2csc3c2CCCC3)C1. The summed E-state index contributed by atoms with van der Waals surface area (Å²) in [5.41, 5.74) is 3.17. The zero-order valence-corrected chi connectivity index (χ0v) is 13.4. The molecule has 0 amide bonds. The number of carboxylic acids is 1. The smallest absolute Gasteiger partial charge is 0.475 e. The first-order chi connectivity index (χ1) is 10.8. The molecule has 130 valence electrons. The molecular formula is C15H20F3NO3S. The van der Waals surface area contributed by atoms with E-state index in [9.17, 15) is 18.3 Å². The first-order valence-corrected chi connectivity index (χ1v) is 8.44. The largest absolute Gasteiger partial charge is 0.490 e. The van der Waals surface area contributed by atoms with Crippen LogP contribution in [0.2, 0.25) is 0 Å². The van der Waals surface area contributed by atoms with Gasteiger partial charge in [0.05, 0.1) is 6.10 Å². The highest BCUT2D eigenvalue weighted by atomic mass is 32.1. The molecule has 1 aromatic rings. The number of alkyl halides is 3. The molecule has 0 aromatic carbocycles. The molecule has 4 nitrogen and oxygen atoms in total. The van der Waals surface area contributed by atoms with Crippen LogP contribution in [0.15, 0.2) is 5.38 Å². The van der Waals surface area contributed by atoms with E-state index in [1.54, 1.807) is 10.4 Å². The van der Waals surface area contributed by atoms with Crippen LogP contribution in [-0.2, 0) is 24.2 Å². The zero-order valence-electron chi connectivity index (χ0n) is 12.6. The Labute approximate surface area is 136 Å². The molecule has 1 unspecified atom stereocenters. The van der Waals surface area contributed by atoms with Crippen LogP contribution in [0.25, 0.3) is 0 Å². The highest BCUT2D eigenvalue weighted by Gasteiger charge is 2.38. The summed E-state index contributed by atoms with van der Waals surface area (Å²) >= 11 is 1.95. The Hall–Kier alpha value is -1.12. The fraction of sp³-hybridized carbons (Fsp3) is 0.667. The van der Waals surface area contributed by atoms with E-state index >= 15 is 0 Å². The number of hydrogen-bond acceptors (Lipinski definition) is 4. The summed E-state index contributed by atoms with van der Waals surface area (Å²) < 4.78 is 31.7. The van der Waals surface area contributed by atoms with Gasteiger partial charge in [0, 0.05) is 24.5 Å². The van der Waals surface area contributed by atoms with Gasteiger partial charge in [-0.2, -0.15) is 13.2 Å². The quantitative estimate of drug-likeness (QED) is 0.860. The van der Waals surface area contributed by atoms with Crippen molar-refractivity contribution in [3.8, 4) is 0 Å². The number of nitrogens with zero attached hydrogens (tertiary/aromatic N) is 1. The Kier molecular flexibility index (Phi) is 6.05. The number of aryl methyl sites for hydroxylation is 1. The highest BCUT2D eigenvalue weighted by Crippen LogP contribution is 2.31. The topological polar surface area (TPSA) is 60.8 Å². The van der Waals surface area contributed by atoms with Crippen LogP contribution in [-0.4, -0.2) is 46.5 Å². The number of halogens is 3. The van der Waals surface area contributed by atoms with E-state index in [-0.39, 0.29) is 6.10 Å². The fourth-order valence-electron chi connectivity index (χ4n) is 2.89. The minimum absolute atomic E-state index is 0.0885. The van der Waals surface area contributed by atoms with Crippen LogP contribution in [0.1, 0.15) is 35.3 Å². The van der Waals surface area contributed by atoms with Crippen LogP contribution in [0.4, 0.5) is 13.2 Å². The van der Waals surface area contributed by atoms with Gasteiger partial charge in [0.15, 0.2) is 0 Å². The standard InChI is InChI=1S/C13H19NOS.C2HF3O2/c15-11-5-6-14(8-11)7-10-9-16-13-4-2-1-3-12(10)13;3-2(4,5)1(6)7/h9,11,15H,1-8H2;(H,6,7). The molecule has 2 N–H and O–H groups in total. The van der Waals surface area contributed by atoms with Gasteiger partial charge in [0.25, 0.3) is 0 Å². The number of fused-ring (bicyclic) bond motifs is 1. The second kappa shape index (κ2) is 7.63. The predicted octanol–water partition coefficient (Wildman–Crippen LogP) is 2.83. The van der Waals surface area contributed by atoms with Crippen LogP contribution in [0, 0.1) is 0 Å². The molecule has 8 heteroatoms. The molecule has 23 heavy (non-hydrogen) atoms. The first-order valence-electron chi connectivity index (χ1n) is 7.56. The van der Waals surface area contributed by atoms with Gasteiger partial charge >= 0.3 is 12.1 Å². The highest BCUT2D eigenvalue weighted by molar-refractivity contribution is 7.10. The van der Waals surface area contributed by atoms with Gasteiger partial charge in [-0.15, -0.1) is 11.3 Å². The third kappa shape index (κ3) is 5.19. The summed E-state index contributed by atoms with van der Waals surface area (Å²) in [5, 5.41) is 19.0. The van der Waals surface area contributed by atoms with Crippen molar-refractivity contribution in [3.05, 3.63) is 21.4 Å². The second-order valence-electron chi connectivity index (χ2n) is 5.85. The third-order valence-electron chi connectivity index (χ3n) is 4.03. The van der Waals surface area contributed by atoms with E-state index in [1.807, 2.05) is 11.3 Å². The number of carbonyl (C=O) groups is 1. The van der Waals surface area contributed by atoms with E-state index < -0.39 is 12.1 Å². The van der Waals surface area contributed by atoms with Crippen LogP contribution in [0.5, 0.6) is 0 Å². The maximum Gasteiger partial charge on any atom is 0.490 e. The van der Waals surface area contributed by atoms with E-state index in [0.717, 1.165) is 26.1 Å². The molecule has 1 atom stereocenters. The molecule has 1 saturated heterocycles. The minimum atomic E-state index is -5.08. The van der Waals surface area contributed by atoms with Gasteiger partial charge in [-0.3, -0.25) is 4.90 Å². The van der Waals surface area contributed by atoms with E-state index in [0.29, 0.717) is 0 Å². The van der Waals surface area contributed by atoms with Crippen molar-refractivity contribution < 1.29 is 28.2 Å². The molecule has 0 bridgehead atoms. The van der Waals surface area contributed by atoms with E-state index in [1.165, 1.54) is 31.2 Å². The second-order valence-corrected chi connectivity index (χ2v) is 6.81. The number of carboxylic acid groups (broad SMARTS) is 1. The Balaban J connectivity index is 0.000000236. The molecule has 1 aromatic heterocycles. The summed E-state index contributed by atoms with van der Waals surface area (Å²) in [5.74, 6) is -2.76. The lowest BCUT2D eigenvalue weighted by Crippen LogP contribution is -2.22. The number of likely N-dealkylation sites (tertiary alicyclic amines) is 1. The molecule has 1 aliphatic carbocycles. The average Bonchev–Trinajstić information content (AvgIpc) is 3.06. The number of aliphatic hydroxyl groups excluding tert-OH is 1. The van der Waals surface area contributed by atoms with Gasteiger partial charge in [0.1, 0.15) is 0 Å². The number of hydrogen-bond donors (Lipinski definition) is 2. The maximum atomic E-state index is 10.6. The molecule has 0 radical (unpaired) electrons. The third-order valence-corrected chi connectivity index (χ3v) is 5.17. The normalized spacial score (nSPS) is 21.5. The molecule has 1 fully saturated rings. The van der Waals surface area contributed by atoms with Crippen molar-refractivity contribution in [1.29, 1.82) is 0 Å². The summed E-state index contributed by atoms with van der Waals surface area (Å²) in [6.07, 6.45) is 1.09. The van der Waals surface area contributed by atoms with E-state index in [2.05, 4.69) is 10.3 Å². The zero-order chi connectivity index (χ0) is 17.0. The maximum absolute atomic E-state index is 10.6. The van der Waals surface area contributed by atoms with Crippen molar-refractivity contribution in [3.63, 3.8) is 0 Å². The van der Waals surface area contributed by atoms with Gasteiger partial charge < -0.3 is 10.2 Å². The number of rotatable bonds is 2. The number of β-amino-alcohol motifs (C(OH)–C–C–N with tert-alkyl or cyclic N) is 1. The van der Waals surface area contributed by atoms with Crippen LogP contribution < -0.4 is 0 Å². The van der Waals surface area contributed by atoms with Crippen molar-refractivity contribution in [2.45, 2.75) is 50.9 Å². The summed E-state index contributed by atoms with van der Waals surface area (Å²) in [7, 11) is 0. The summed E-state index contributed by atoms with van der Waals surface area (Å²) in [4.78, 5) is 12.9. The molecular weight excluding hydrogens is 331 g/mol. The predicted molar refractivity (Wildman–Crippen MR) is 80.6 cm³/mol. The van der Waals surface area contributed by atoms with Crippen LogP contribution in [0.3, 0.4) is 0 Å². The molecule has 2 aliphatic rings. The lowest BCUT2D eigenvalue weighted by molar-refractivity contribution is -0.192. The first kappa shape index (κ1) is 18.2. The van der Waals surface area contributed by atoms with Crippen molar-refractivity contribution >= 4 is 17.3 Å². The Morgan fingerprint density at radius 1 is 1.35 bits per heavy atom. The van der Waals surface area contributed by atoms with Crippen molar-refractivity contribution in [2.75, 3.05) is 13.1 Å². The van der Waals surface area contributed by atoms with Crippen molar-refractivity contribution in [2.24, 2.45) is 0 Å². The number of aliphatic carboxylic acids is 1. The monoisotopic (exact) mass is 351 g/mol. The Morgan fingerprint density at radius 3 is 2.57 bits per heavy atom. The van der Waals surface area contributed by atoms with Gasteiger partial charge in [0.2, 0.25) is 0 Å². The lowest BCUT2D eigenvalue weighted by Gasteiger charge is -2.17. The number of aliphatic hydroxyl groups is 1. The molecule has 0 saturated carbocycles. The average molecular weight is 351 g/mol. The molecule has 0 spiro atoms. The van der Waals surface area contributed by atoms with Crippen LogP contribution >= 0.6 is 11.3 Å².